The monoisotopic (exact) mass is 459 g/mol. The molecule has 1 fully saturated rings. The van der Waals surface area contributed by atoms with Gasteiger partial charge in [0.15, 0.2) is 5.84 Å². The number of hydrazone groups is 1. The first-order chi connectivity index (χ1) is 15.8. The average Bonchev–Trinajstić information content (AvgIpc) is 3.33. The first-order valence-electron chi connectivity index (χ1n) is 11.6. The molecule has 5 rings (SSSR count). The van der Waals surface area contributed by atoms with Gasteiger partial charge in [-0.25, -0.2) is 0 Å². The van der Waals surface area contributed by atoms with Crippen LogP contribution in [0, 0.1) is 39.0 Å². The third-order valence-electron chi connectivity index (χ3n) is 6.79. The Bertz CT molecular complexity index is 1260. The number of aryl methyl sites for hydroxylation is 3. The lowest BCUT2D eigenvalue weighted by atomic mass is 9.90. The first-order valence-corrected chi connectivity index (χ1v) is 12.4. The second-order valence-corrected chi connectivity index (χ2v) is 10.2. The summed E-state index contributed by atoms with van der Waals surface area (Å²) >= 11 is 1.46. The first kappa shape index (κ1) is 21.9. The van der Waals surface area contributed by atoms with Gasteiger partial charge in [0.2, 0.25) is 5.17 Å². The maximum absolute atomic E-state index is 12.9. The molecule has 1 aromatic heterocycles. The number of nitrogens with one attached hydrogen (secondary N) is 1. The number of nitrogens with zero attached hydrogens (tertiary/aromatic N) is 4. The summed E-state index contributed by atoms with van der Waals surface area (Å²) in [6.45, 7) is 8.32. The SMILES string of the molecule is Cc1ccc(-n2c(C)cc(C=C3C(=N)N4N=C(C5CCCCC5)SC4=NC3=O)c2C)c(C)c1. The summed E-state index contributed by atoms with van der Waals surface area (Å²) < 4.78 is 2.21. The predicted molar refractivity (Wildman–Crippen MR) is 136 cm³/mol. The highest BCUT2D eigenvalue weighted by Gasteiger charge is 2.38. The van der Waals surface area contributed by atoms with Crippen molar-refractivity contribution in [3.05, 3.63) is 57.9 Å². The molecule has 3 aliphatic rings. The molecule has 170 valence electrons. The highest BCUT2D eigenvalue weighted by Crippen LogP contribution is 2.36. The highest BCUT2D eigenvalue weighted by atomic mass is 32.2. The Morgan fingerprint density at radius 1 is 1.09 bits per heavy atom. The van der Waals surface area contributed by atoms with E-state index in [4.69, 9.17) is 10.5 Å². The van der Waals surface area contributed by atoms with Crippen LogP contribution in [-0.4, -0.2) is 31.5 Å². The molecule has 2 aliphatic heterocycles. The number of fused-ring (bicyclic) bond motifs is 1. The van der Waals surface area contributed by atoms with Gasteiger partial charge in [-0.2, -0.15) is 15.1 Å². The molecular formula is C26H29N5OS. The Hall–Kier alpha value is -2.93. The molecular weight excluding hydrogens is 430 g/mol. The molecule has 1 aromatic carbocycles. The minimum atomic E-state index is -0.366. The lowest BCUT2D eigenvalue weighted by Crippen LogP contribution is -2.35. The normalized spacial score (nSPS) is 20.4. The number of carbonyl (C=O) groups is 1. The molecule has 33 heavy (non-hydrogen) atoms. The molecule has 1 saturated carbocycles. The molecule has 7 heteroatoms. The van der Waals surface area contributed by atoms with Crippen LogP contribution < -0.4 is 0 Å². The number of thioether (sulfide) groups is 1. The minimum Gasteiger partial charge on any atom is -0.318 e. The maximum Gasteiger partial charge on any atom is 0.283 e. The summed E-state index contributed by atoms with van der Waals surface area (Å²) in [5.74, 6) is 0.166. The van der Waals surface area contributed by atoms with Crippen molar-refractivity contribution in [1.29, 1.82) is 5.41 Å². The van der Waals surface area contributed by atoms with Crippen LogP contribution in [-0.2, 0) is 4.79 Å². The van der Waals surface area contributed by atoms with Gasteiger partial charge in [0.05, 0.1) is 5.57 Å². The number of aromatic nitrogens is 1. The van der Waals surface area contributed by atoms with Crippen molar-refractivity contribution in [3.8, 4) is 5.69 Å². The van der Waals surface area contributed by atoms with E-state index in [2.05, 4.69) is 61.5 Å². The van der Waals surface area contributed by atoms with Crippen LogP contribution in [0.15, 0.2) is 39.9 Å². The number of hydrogen-bond acceptors (Lipinski definition) is 4. The topological polar surface area (TPSA) is 73.8 Å². The summed E-state index contributed by atoms with van der Waals surface area (Å²) in [5.41, 5.74) is 6.88. The van der Waals surface area contributed by atoms with Gasteiger partial charge in [-0.1, -0.05) is 37.0 Å². The third-order valence-corrected chi connectivity index (χ3v) is 7.86. The Morgan fingerprint density at radius 2 is 1.85 bits per heavy atom. The fourth-order valence-corrected chi connectivity index (χ4v) is 6.10. The van der Waals surface area contributed by atoms with Crippen LogP contribution in [0.25, 0.3) is 11.8 Å². The zero-order valence-electron chi connectivity index (χ0n) is 19.6. The number of benzene rings is 1. The number of hydrogen-bond donors (Lipinski definition) is 1. The fraction of sp³-hybridized carbons (Fsp3) is 0.385. The van der Waals surface area contributed by atoms with E-state index in [1.807, 2.05) is 0 Å². The van der Waals surface area contributed by atoms with Crippen molar-refractivity contribution >= 4 is 39.8 Å². The highest BCUT2D eigenvalue weighted by molar-refractivity contribution is 8.27. The quantitative estimate of drug-likeness (QED) is 0.580. The Kier molecular flexibility index (Phi) is 5.60. The van der Waals surface area contributed by atoms with Crippen LogP contribution in [0.1, 0.15) is 60.2 Å². The van der Waals surface area contributed by atoms with Crippen molar-refractivity contribution in [2.24, 2.45) is 16.0 Å². The lowest BCUT2D eigenvalue weighted by molar-refractivity contribution is -0.114. The largest absolute Gasteiger partial charge is 0.318 e. The van der Waals surface area contributed by atoms with Crippen LogP contribution >= 0.6 is 11.8 Å². The number of carbonyl (C=O) groups excluding carboxylic acids is 1. The van der Waals surface area contributed by atoms with Gasteiger partial charge in [-0.15, -0.1) is 0 Å². The summed E-state index contributed by atoms with van der Waals surface area (Å²) in [5, 5.41) is 16.5. The van der Waals surface area contributed by atoms with E-state index in [1.165, 1.54) is 42.2 Å². The zero-order chi connectivity index (χ0) is 23.3. The predicted octanol–water partition coefficient (Wildman–Crippen LogP) is 5.91. The number of amides is 1. The van der Waals surface area contributed by atoms with Crippen LogP contribution in [0.3, 0.4) is 0 Å². The van der Waals surface area contributed by atoms with E-state index in [0.717, 1.165) is 40.5 Å². The van der Waals surface area contributed by atoms with Crippen molar-refractivity contribution < 1.29 is 4.79 Å². The van der Waals surface area contributed by atoms with Gasteiger partial charge < -0.3 is 4.57 Å². The van der Waals surface area contributed by atoms with Gasteiger partial charge >= 0.3 is 0 Å². The molecule has 1 N–H and O–H groups in total. The summed E-state index contributed by atoms with van der Waals surface area (Å²) in [4.78, 5) is 17.2. The average molecular weight is 460 g/mol. The molecule has 0 spiro atoms. The maximum atomic E-state index is 12.9. The van der Waals surface area contributed by atoms with Crippen molar-refractivity contribution in [3.63, 3.8) is 0 Å². The third kappa shape index (κ3) is 3.88. The number of rotatable bonds is 3. The zero-order valence-corrected chi connectivity index (χ0v) is 20.4. The molecule has 6 nitrogen and oxygen atoms in total. The molecule has 2 aromatic rings. The van der Waals surface area contributed by atoms with Gasteiger partial charge in [-0.3, -0.25) is 10.2 Å². The molecule has 0 unspecified atom stereocenters. The summed E-state index contributed by atoms with van der Waals surface area (Å²) in [6, 6.07) is 8.49. The van der Waals surface area contributed by atoms with Crippen molar-refractivity contribution in [2.45, 2.75) is 59.8 Å². The summed E-state index contributed by atoms with van der Waals surface area (Å²) in [6.07, 6.45) is 7.76. The van der Waals surface area contributed by atoms with Gasteiger partial charge in [0, 0.05) is 23.0 Å². The molecule has 0 radical (unpaired) electrons. The van der Waals surface area contributed by atoms with E-state index in [1.54, 1.807) is 11.1 Å². The minimum absolute atomic E-state index is 0.111. The second-order valence-electron chi connectivity index (χ2n) is 9.25. The number of aliphatic imine (C=N–C) groups is 1. The standard InChI is InChI=1S/C26H29N5OS/c1-15-10-11-22(16(2)12-15)30-17(3)13-20(18(30)4)14-21-23(27)31-26(28-24(21)32)33-25(29-31)19-8-6-5-7-9-19/h10-14,19,27H,5-9H2,1-4H3. The summed E-state index contributed by atoms with van der Waals surface area (Å²) in [7, 11) is 0. The smallest absolute Gasteiger partial charge is 0.283 e. The van der Waals surface area contributed by atoms with E-state index >= 15 is 0 Å². The van der Waals surface area contributed by atoms with Gasteiger partial charge in [-0.05, 0) is 81.6 Å². The molecule has 0 bridgehead atoms. The van der Waals surface area contributed by atoms with E-state index in [0.29, 0.717) is 11.1 Å². The van der Waals surface area contributed by atoms with E-state index < -0.39 is 0 Å². The fourth-order valence-electron chi connectivity index (χ4n) is 5.04. The van der Waals surface area contributed by atoms with Crippen LogP contribution in [0.4, 0.5) is 0 Å². The Balaban J connectivity index is 1.49. The molecule has 0 atom stereocenters. The molecule has 3 heterocycles. The van der Waals surface area contributed by atoms with Crippen molar-refractivity contribution in [1.82, 2.24) is 9.58 Å². The number of amidine groups is 2. The lowest BCUT2D eigenvalue weighted by Gasteiger charge is -2.20. The molecule has 0 saturated heterocycles. The van der Waals surface area contributed by atoms with E-state index in [9.17, 15) is 4.79 Å². The molecule has 1 aliphatic carbocycles. The van der Waals surface area contributed by atoms with Gasteiger partial charge in [0.1, 0.15) is 5.04 Å². The van der Waals surface area contributed by atoms with Gasteiger partial charge in [0.25, 0.3) is 5.91 Å². The van der Waals surface area contributed by atoms with Crippen LogP contribution in [0.2, 0.25) is 0 Å². The Labute approximate surface area is 199 Å². The second kappa shape index (κ2) is 8.45. The van der Waals surface area contributed by atoms with E-state index in [-0.39, 0.29) is 17.3 Å². The molecule has 1 amide bonds. The Morgan fingerprint density at radius 3 is 2.58 bits per heavy atom. The van der Waals surface area contributed by atoms with Crippen molar-refractivity contribution in [2.75, 3.05) is 0 Å². The van der Waals surface area contributed by atoms with Crippen LogP contribution in [0.5, 0.6) is 0 Å².